The van der Waals surface area contributed by atoms with Gasteiger partial charge in [-0.3, -0.25) is 4.79 Å². The molecule has 6 nitrogen and oxygen atoms in total. The number of halogens is 1. The zero-order chi connectivity index (χ0) is 15.2. The predicted molar refractivity (Wildman–Crippen MR) is 85.8 cm³/mol. The van der Waals surface area contributed by atoms with Gasteiger partial charge >= 0.3 is 5.91 Å². The second kappa shape index (κ2) is 7.11. The summed E-state index contributed by atoms with van der Waals surface area (Å²) < 4.78 is 10.9. The topological polar surface area (TPSA) is 84.1 Å². The summed E-state index contributed by atoms with van der Waals surface area (Å²) in [5.74, 6) is 0.217. The van der Waals surface area contributed by atoms with Gasteiger partial charge in [0.15, 0.2) is 17.3 Å². The van der Waals surface area contributed by atoms with E-state index in [2.05, 4.69) is 10.5 Å². The van der Waals surface area contributed by atoms with E-state index in [9.17, 15) is 9.90 Å². The van der Waals surface area contributed by atoms with Crippen molar-refractivity contribution in [2.45, 2.75) is 6.92 Å². The van der Waals surface area contributed by atoms with Crippen LogP contribution < -0.4 is 10.2 Å². The molecule has 110 valence electrons. The molecule has 2 rings (SSSR count). The quantitative estimate of drug-likeness (QED) is 0.459. The van der Waals surface area contributed by atoms with Crippen LogP contribution in [-0.4, -0.2) is 23.8 Å². The number of nitrogens with zero attached hydrogens (tertiary/aromatic N) is 1. The monoisotopic (exact) mass is 400 g/mol. The van der Waals surface area contributed by atoms with E-state index in [-0.39, 0.29) is 11.5 Å². The number of carbonyl (C=O) groups is 1. The Kier molecular flexibility index (Phi) is 5.20. The lowest BCUT2D eigenvalue weighted by Crippen LogP contribution is -2.16. The van der Waals surface area contributed by atoms with Crippen LogP contribution in [-0.2, 0) is 0 Å². The van der Waals surface area contributed by atoms with Crippen LogP contribution in [0.15, 0.2) is 40.0 Å². The fraction of sp³-hybridized carbons (Fsp3) is 0.143. The molecule has 21 heavy (non-hydrogen) atoms. The fourth-order valence-electron chi connectivity index (χ4n) is 1.56. The zero-order valence-electron chi connectivity index (χ0n) is 11.2. The minimum atomic E-state index is -0.435. The lowest BCUT2D eigenvalue weighted by molar-refractivity contribution is 0.0927. The molecule has 0 bridgehead atoms. The standard InChI is InChI=1S/C14H13IN2O4/c1-2-20-12-7-9(6-10(15)13(12)18)8-16-17-14(19)11-4-3-5-21-11/h3-8,18H,2H2,1H3,(H,17,19)/b16-8-. The number of hydrogen-bond acceptors (Lipinski definition) is 5. The number of phenolic OH excluding ortho intramolecular Hbond substituents is 1. The highest BCUT2D eigenvalue weighted by atomic mass is 127. The first-order chi connectivity index (χ1) is 10.1. The van der Waals surface area contributed by atoms with Gasteiger partial charge in [-0.1, -0.05) is 0 Å². The predicted octanol–water partition coefficient (Wildman–Crippen LogP) is 2.75. The van der Waals surface area contributed by atoms with Crippen LogP contribution >= 0.6 is 22.6 Å². The van der Waals surface area contributed by atoms with Gasteiger partial charge in [0.05, 0.1) is 22.7 Å². The van der Waals surface area contributed by atoms with E-state index in [1.807, 2.05) is 29.5 Å². The Morgan fingerprint density at radius 2 is 2.38 bits per heavy atom. The summed E-state index contributed by atoms with van der Waals surface area (Å²) >= 11 is 1.99. The van der Waals surface area contributed by atoms with Gasteiger partial charge < -0.3 is 14.3 Å². The molecular formula is C14H13IN2O4. The maximum atomic E-state index is 11.6. The number of phenols is 1. The van der Waals surface area contributed by atoms with E-state index < -0.39 is 5.91 Å². The lowest BCUT2D eigenvalue weighted by Gasteiger charge is -2.08. The minimum Gasteiger partial charge on any atom is -0.504 e. The number of aromatic hydroxyl groups is 1. The molecule has 0 saturated heterocycles. The minimum absolute atomic E-state index is 0.0919. The molecule has 0 aliphatic heterocycles. The molecule has 0 atom stereocenters. The van der Waals surface area contributed by atoms with Gasteiger partial charge in [0.25, 0.3) is 0 Å². The maximum Gasteiger partial charge on any atom is 0.307 e. The first-order valence-corrected chi connectivity index (χ1v) is 7.22. The van der Waals surface area contributed by atoms with Crippen molar-refractivity contribution >= 4 is 34.7 Å². The van der Waals surface area contributed by atoms with Crippen molar-refractivity contribution < 1.29 is 19.1 Å². The number of ether oxygens (including phenoxy) is 1. The van der Waals surface area contributed by atoms with E-state index in [1.165, 1.54) is 12.5 Å². The van der Waals surface area contributed by atoms with Gasteiger partial charge in [-0.25, -0.2) is 5.43 Å². The van der Waals surface area contributed by atoms with Gasteiger partial charge in [0.1, 0.15) is 0 Å². The summed E-state index contributed by atoms with van der Waals surface area (Å²) in [7, 11) is 0. The highest BCUT2D eigenvalue weighted by molar-refractivity contribution is 14.1. The Bertz CT molecular complexity index is 653. The molecule has 2 N–H and O–H groups in total. The Hall–Kier alpha value is -2.03. The molecule has 7 heteroatoms. The summed E-state index contributed by atoms with van der Waals surface area (Å²) in [5.41, 5.74) is 3.04. The number of hydrogen-bond donors (Lipinski definition) is 2. The molecule has 0 aliphatic rings. The number of furan rings is 1. The highest BCUT2D eigenvalue weighted by Crippen LogP contribution is 2.32. The fourth-order valence-corrected chi connectivity index (χ4v) is 2.19. The second-order valence-corrected chi connectivity index (χ2v) is 5.12. The van der Waals surface area contributed by atoms with Gasteiger partial charge in [-0.05, 0) is 59.3 Å². The first kappa shape index (κ1) is 15.4. The van der Waals surface area contributed by atoms with E-state index in [0.29, 0.717) is 21.5 Å². The third kappa shape index (κ3) is 3.97. The van der Waals surface area contributed by atoms with E-state index >= 15 is 0 Å². The normalized spacial score (nSPS) is 10.8. The van der Waals surface area contributed by atoms with Crippen molar-refractivity contribution in [1.82, 2.24) is 5.43 Å². The number of rotatable bonds is 5. The number of amides is 1. The first-order valence-electron chi connectivity index (χ1n) is 6.14. The Labute approximate surface area is 134 Å². The molecule has 0 saturated carbocycles. The van der Waals surface area contributed by atoms with Crippen LogP contribution in [0.4, 0.5) is 0 Å². The molecule has 0 fully saturated rings. The number of hydrazone groups is 1. The largest absolute Gasteiger partial charge is 0.504 e. The SMILES string of the molecule is CCOc1cc(/C=N\NC(=O)c2ccco2)cc(I)c1O. The molecule has 1 aromatic carbocycles. The van der Waals surface area contributed by atoms with Crippen molar-refractivity contribution in [1.29, 1.82) is 0 Å². The van der Waals surface area contributed by atoms with Gasteiger partial charge in [0.2, 0.25) is 0 Å². The molecule has 1 heterocycles. The summed E-state index contributed by atoms with van der Waals surface area (Å²) in [6, 6.07) is 6.53. The summed E-state index contributed by atoms with van der Waals surface area (Å²) in [6.45, 7) is 2.27. The third-order valence-corrected chi connectivity index (χ3v) is 3.30. The van der Waals surface area contributed by atoms with E-state index in [1.54, 1.807) is 24.3 Å². The molecule has 1 aromatic heterocycles. The second-order valence-electron chi connectivity index (χ2n) is 3.96. The molecule has 2 aromatic rings. The van der Waals surface area contributed by atoms with Crippen molar-refractivity contribution in [2.75, 3.05) is 6.61 Å². The molecule has 0 unspecified atom stereocenters. The third-order valence-electron chi connectivity index (χ3n) is 2.48. The van der Waals surface area contributed by atoms with Crippen molar-refractivity contribution in [3.05, 3.63) is 45.4 Å². The van der Waals surface area contributed by atoms with Gasteiger partial charge in [-0.15, -0.1) is 0 Å². The average molecular weight is 400 g/mol. The maximum absolute atomic E-state index is 11.6. The van der Waals surface area contributed by atoms with E-state index in [4.69, 9.17) is 9.15 Å². The number of nitrogens with one attached hydrogen (secondary N) is 1. The molecule has 0 aliphatic carbocycles. The highest BCUT2D eigenvalue weighted by Gasteiger charge is 2.09. The van der Waals surface area contributed by atoms with Crippen molar-refractivity contribution in [3.63, 3.8) is 0 Å². The number of carbonyl (C=O) groups excluding carboxylic acids is 1. The van der Waals surface area contributed by atoms with Crippen molar-refractivity contribution in [3.8, 4) is 11.5 Å². The number of benzene rings is 1. The molecular weight excluding hydrogens is 387 g/mol. The Morgan fingerprint density at radius 3 is 3.05 bits per heavy atom. The molecule has 0 radical (unpaired) electrons. The molecule has 0 spiro atoms. The summed E-state index contributed by atoms with van der Waals surface area (Å²) in [4.78, 5) is 11.6. The smallest absolute Gasteiger partial charge is 0.307 e. The van der Waals surface area contributed by atoms with Crippen LogP contribution in [0.2, 0.25) is 0 Å². The average Bonchev–Trinajstić information content (AvgIpc) is 2.98. The zero-order valence-corrected chi connectivity index (χ0v) is 13.3. The lowest BCUT2D eigenvalue weighted by atomic mass is 10.2. The van der Waals surface area contributed by atoms with Crippen LogP contribution in [0, 0.1) is 3.57 Å². The van der Waals surface area contributed by atoms with Crippen LogP contribution in [0.5, 0.6) is 11.5 Å². The molecule has 1 amide bonds. The van der Waals surface area contributed by atoms with Crippen molar-refractivity contribution in [2.24, 2.45) is 5.10 Å². The van der Waals surface area contributed by atoms with Gasteiger partial charge in [-0.2, -0.15) is 5.10 Å². The Morgan fingerprint density at radius 1 is 1.57 bits per heavy atom. The summed E-state index contributed by atoms with van der Waals surface area (Å²) in [6.07, 6.45) is 2.88. The summed E-state index contributed by atoms with van der Waals surface area (Å²) in [5, 5.41) is 13.7. The van der Waals surface area contributed by atoms with Gasteiger partial charge in [0, 0.05) is 0 Å². The van der Waals surface area contributed by atoms with Crippen LogP contribution in [0.1, 0.15) is 23.0 Å². The van der Waals surface area contributed by atoms with E-state index in [0.717, 1.165) is 0 Å². The Balaban J connectivity index is 2.08. The van der Waals surface area contributed by atoms with Crippen LogP contribution in [0.25, 0.3) is 0 Å². The van der Waals surface area contributed by atoms with Crippen LogP contribution in [0.3, 0.4) is 0 Å².